The summed E-state index contributed by atoms with van der Waals surface area (Å²) < 4.78 is 11.7. The second-order valence-electron chi connectivity index (χ2n) is 7.04. The second kappa shape index (κ2) is 6.33. The van der Waals surface area contributed by atoms with Crippen LogP contribution in [-0.2, 0) is 11.2 Å². The topological polar surface area (TPSA) is 60.5 Å². The van der Waals surface area contributed by atoms with Gasteiger partial charge in [-0.15, -0.1) is 0 Å². The standard InChI is InChI=1S/C21H20N2O3/c1-21(2)11-15-7-5-9-18(20(15)26-21)25-13-19(24)23-16-10-14-6-3-4-8-17(14)22-12-16/h3-10,12H,11,13H2,1-2H3,(H,23,24). The Hall–Kier alpha value is -3.08. The quantitative estimate of drug-likeness (QED) is 0.775. The van der Waals surface area contributed by atoms with E-state index in [-0.39, 0.29) is 18.1 Å². The van der Waals surface area contributed by atoms with Crippen molar-refractivity contribution in [2.75, 3.05) is 11.9 Å². The van der Waals surface area contributed by atoms with E-state index in [2.05, 4.69) is 10.3 Å². The van der Waals surface area contributed by atoms with Crippen molar-refractivity contribution in [3.05, 3.63) is 60.3 Å². The van der Waals surface area contributed by atoms with Gasteiger partial charge in [0.15, 0.2) is 18.1 Å². The molecule has 1 aliphatic rings. The molecule has 0 spiro atoms. The van der Waals surface area contributed by atoms with Gasteiger partial charge in [0.1, 0.15) is 5.60 Å². The smallest absolute Gasteiger partial charge is 0.262 e. The predicted octanol–water partition coefficient (Wildman–Crippen LogP) is 3.97. The second-order valence-corrected chi connectivity index (χ2v) is 7.04. The molecule has 1 aliphatic heterocycles. The normalized spacial score (nSPS) is 14.5. The molecule has 0 bridgehead atoms. The maximum atomic E-state index is 12.2. The molecule has 0 saturated heterocycles. The third kappa shape index (κ3) is 3.33. The Balaban J connectivity index is 1.42. The largest absolute Gasteiger partial charge is 0.483 e. The number of aromatic nitrogens is 1. The van der Waals surface area contributed by atoms with Crippen LogP contribution in [0, 0.1) is 0 Å². The van der Waals surface area contributed by atoms with E-state index in [4.69, 9.17) is 9.47 Å². The number of hydrogen-bond acceptors (Lipinski definition) is 4. The van der Waals surface area contributed by atoms with Crippen LogP contribution >= 0.6 is 0 Å². The van der Waals surface area contributed by atoms with Crippen molar-refractivity contribution in [3.63, 3.8) is 0 Å². The first-order valence-corrected chi connectivity index (χ1v) is 8.59. The minimum absolute atomic E-state index is 0.0902. The molecule has 0 saturated carbocycles. The Morgan fingerprint density at radius 3 is 2.96 bits per heavy atom. The number of anilines is 1. The third-order valence-corrected chi connectivity index (χ3v) is 4.29. The molecule has 0 atom stereocenters. The number of pyridine rings is 1. The molecule has 2 aromatic carbocycles. The number of nitrogens with zero attached hydrogens (tertiary/aromatic N) is 1. The lowest BCUT2D eigenvalue weighted by atomic mass is 10.0. The fraction of sp³-hybridized carbons (Fsp3) is 0.238. The first kappa shape index (κ1) is 16.4. The van der Waals surface area contributed by atoms with Crippen molar-refractivity contribution in [3.8, 4) is 11.5 Å². The van der Waals surface area contributed by atoms with E-state index in [0.29, 0.717) is 11.4 Å². The SMILES string of the molecule is CC1(C)Cc2cccc(OCC(=O)Nc3cnc4ccccc4c3)c2O1. The first-order valence-electron chi connectivity index (χ1n) is 8.59. The highest BCUT2D eigenvalue weighted by atomic mass is 16.5. The Bertz CT molecular complexity index is 982. The van der Waals surface area contributed by atoms with Gasteiger partial charge in [0.05, 0.1) is 17.4 Å². The van der Waals surface area contributed by atoms with Crippen molar-refractivity contribution < 1.29 is 14.3 Å². The van der Waals surface area contributed by atoms with Gasteiger partial charge < -0.3 is 14.8 Å². The van der Waals surface area contributed by atoms with Gasteiger partial charge in [0, 0.05) is 17.4 Å². The van der Waals surface area contributed by atoms with Crippen molar-refractivity contribution in [1.82, 2.24) is 4.98 Å². The Labute approximate surface area is 152 Å². The van der Waals surface area contributed by atoms with Crippen molar-refractivity contribution in [2.45, 2.75) is 25.9 Å². The average molecular weight is 348 g/mol. The molecular weight excluding hydrogens is 328 g/mol. The number of nitrogens with one attached hydrogen (secondary N) is 1. The highest BCUT2D eigenvalue weighted by molar-refractivity contribution is 5.94. The molecular formula is C21H20N2O3. The number of carbonyl (C=O) groups excluding carboxylic acids is 1. The molecule has 3 aromatic rings. The van der Waals surface area contributed by atoms with E-state index >= 15 is 0 Å². The zero-order valence-corrected chi connectivity index (χ0v) is 14.8. The zero-order valence-electron chi connectivity index (χ0n) is 14.8. The fourth-order valence-corrected chi connectivity index (χ4v) is 3.18. The summed E-state index contributed by atoms with van der Waals surface area (Å²) in [7, 11) is 0. The van der Waals surface area contributed by atoms with Gasteiger partial charge in [-0.05, 0) is 32.0 Å². The van der Waals surface area contributed by atoms with Crippen LogP contribution in [0.25, 0.3) is 10.9 Å². The number of fused-ring (bicyclic) bond motifs is 2. The van der Waals surface area contributed by atoms with Crippen LogP contribution in [0.1, 0.15) is 19.4 Å². The summed E-state index contributed by atoms with van der Waals surface area (Å²) in [5.41, 5.74) is 2.39. The highest BCUT2D eigenvalue weighted by Crippen LogP contribution is 2.41. The number of carbonyl (C=O) groups is 1. The number of ether oxygens (including phenoxy) is 2. The molecule has 26 heavy (non-hydrogen) atoms. The Kier molecular flexibility index (Phi) is 3.99. The van der Waals surface area contributed by atoms with Crippen molar-refractivity contribution in [2.24, 2.45) is 0 Å². The van der Waals surface area contributed by atoms with Gasteiger partial charge >= 0.3 is 0 Å². The lowest BCUT2D eigenvalue weighted by Crippen LogP contribution is -2.25. The molecule has 1 aromatic heterocycles. The number of rotatable bonds is 4. The summed E-state index contributed by atoms with van der Waals surface area (Å²) >= 11 is 0. The monoisotopic (exact) mass is 348 g/mol. The van der Waals surface area contributed by atoms with E-state index in [1.54, 1.807) is 6.20 Å². The highest BCUT2D eigenvalue weighted by Gasteiger charge is 2.32. The van der Waals surface area contributed by atoms with Gasteiger partial charge in [-0.3, -0.25) is 9.78 Å². The molecule has 0 aliphatic carbocycles. The summed E-state index contributed by atoms with van der Waals surface area (Å²) in [4.78, 5) is 16.6. The maximum absolute atomic E-state index is 12.2. The number of amides is 1. The summed E-state index contributed by atoms with van der Waals surface area (Å²) in [5, 5.41) is 3.80. The Morgan fingerprint density at radius 2 is 2.08 bits per heavy atom. The number of hydrogen-bond donors (Lipinski definition) is 1. The van der Waals surface area contributed by atoms with E-state index < -0.39 is 0 Å². The molecule has 1 N–H and O–H groups in total. The minimum Gasteiger partial charge on any atom is -0.483 e. The van der Waals surface area contributed by atoms with Gasteiger partial charge in [-0.1, -0.05) is 30.3 Å². The van der Waals surface area contributed by atoms with Crippen molar-refractivity contribution >= 4 is 22.5 Å². The van der Waals surface area contributed by atoms with Crippen LogP contribution in [-0.4, -0.2) is 23.1 Å². The maximum Gasteiger partial charge on any atom is 0.262 e. The molecule has 2 heterocycles. The molecule has 5 nitrogen and oxygen atoms in total. The number of benzene rings is 2. The summed E-state index contributed by atoms with van der Waals surface area (Å²) in [6, 6.07) is 15.4. The van der Waals surface area contributed by atoms with E-state index in [1.165, 1.54) is 0 Å². The predicted molar refractivity (Wildman–Crippen MR) is 101 cm³/mol. The first-order chi connectivity index (χ1) is 12.5. The van der Waals surface area contributed by atoms with E-state index in [9.17, 15) is 4.79 Å². The molecule has 0 unspecified atom stereocenters. The number of para-hydroxylation sites is 2. The van der Waals surface area contributed by atoms with Gasteiger partial charge in [0.2, 0.25) is 0 Å². The molecule has 5 heteroatoms. The van der Waals surface area contributed by atoms with Crippen LogP contribution in [0.5, 0.6) is 11.5 Å². The lowest BCUT2D eigenvalue weighted by Gasteiger charge is -2.18. The summed E-state index contributed by atoms with van der Waals surface area (Å²) in [6.45, 7) is 3.99. The molecule has 0 fully saturated rings. The average Bonchev–Trinajstić information content (AvgIpc) is 2.94. The molecule has 1 amide bonds. The summed E-state index contributed by atoms with van der Waals surface area (Å²) in [6.07, 6.45) is 2.47. The fourth-order valence-electron chi connectivity index (χ4n) is 3.18. The molecule has 0 radical (unpaired) electrons. The minimum atomic E-state index is -0.249. The van der Waals surface area contributed by atoms with E-state index in [1.807, 2.05) is 62.4 Å². The van der Waals surface area contributed by atoms with Crippen LogP contribution in [0.3, 0.4) is 0 Å². The molecule has 4 rings (SSSR count). The third-order valence-electron chi connectivity index (χ3n) is 4.29. The zero-order chi connectivity index (χ0) is 18.1. The van der Waals surface area contributed by atoms with Crippen LogP contribution < -0.4 is 14.8 Å². The van der Waals surface area contributed by atoms with Crippen molar-refractivity contribution in [1.29, 1.82) is 0 Å². The van der Waals surface area contributed by atoms with Crippen LogP contribution in [0.2, 0.25) is 0 Å². The summed E-state index contributed by atoms with van der Waals surface area (Å²) in [5.74, 6) is 1.09. The van der Waals surface area contributed by atoms with Gasteiger partial charge in [-0.2, -0.15) is 0 Å². The van der Waals surface area contributed by atoms with Gasteiger partial charge in [0.25, 0.3) is 5.91 Å². The Morgan fingerprint density at radius 1 is 1.23 bits per heavy atom. The van der Waals surface area contributed by atoms with E-state index in [0.717, 1.165) is 28.6 Å². The van der Waals surface area contributed by atoms with Gasteiger partial charge in [-0.25, -0.2) is 0 Å². The van der Waals surface area contributed by atoms with Crippen LogP contribution in [0.15, 0.2) is 54.7 Å². The van der Waals surface area contributed by atoms with Crippen LogP contribution in [0.4, 0.5) is 5.69 Å². The molecule has 132 valence electrons. The lowest BCUT2D eigenvalue weighted by molar-refractivity contribution is -0.118.